The molecule has 0 radical (unpaired) electrons. The number of para-hydroxylation sites is 1. The van der Waals surface area contributed by atoms with Gasteiger partial charge in [0.15, 0.2) is 0 Å². The number of thiazole rings is 1. The van der Waals surface area contributed by atoms with E-state index in [0.717, 1.165) is 53.4 Å². The first-order valence-electron chi connectivity index (χ1n) is 14.9. The van der Waals surface area contributed by atoms with Crippen LogP contribution < -0.4 is 14.5 Å². The maximum Gasteiger partial charge on any atom is 0.418 e. The monoisotopic (exact) mass is 726 g/mol. The molecule has 236 valence electrons. The Hall–Kier alpha value is -3.35. The molecule has 2 aliphatic carbocycles. The van der Waals surface area contributed by atoms with Crippen molar-refractivity contribution in [2.75, 3.05) is 4.90 Å². The number of fused-ring (bicyclic) bond motifs is 9. The third-order valence-electron chi connectivity index (χ3n) is 10.00. The van der Waals surface area contributed by atoms with Gasteiger partial charge in [-0.2, -0.15) is 13.2 Å². The van der Waals surface area contributed by atoms with Gasteiger partial charge in [-0.25, -0.2) is 4.90 Å². The molecule has 1 N–H and O–H groups in total. The highest BCUT2D eigenvalue weighted by Gasteiger charge is 2.70. The van der Waals surface area contributed by atoms with Crippen LogP contribution in [0.25, 0.3) is 0 Å². The third kappa shape index (κ3) is 4.62. The molecule has 3 aromatic carbocycles. The Kier molecular flexibility index (Phi) is 7.08. The number of rotatable bonds is 5. The number of ether oxygens (including phenoxy) is 1. The molecule has 7 atom stereocenters. The summed E-state index contributed by atoms with van der Waals surface area (Å²) in [5, 5.41) is 0.623. The summed E-state index contributed by atoms with van der Waals surface area (Å²) in [6.07, 6.45) is -4.11. The Morgan fingerprint density at radius 1 is 0.978 bits per heavy atom. The van der Waals surface area contributed by atoms with Crippen molar-refractivity contribution in [1.82, 2.24) is 4.98 Å². The molecule has 2 bridgehead atoms. The van der Waals surface area contributed by atoms with Crippen LogP contribution in [0.4, 0.5) is 18.9 Å². The second kappa shape index (κ2) is 10.8. The van der Waals surface area contributed by atoms with Crippen molar-refractivity contribution in [3.05, 3.63) is 108 Å². The summed E-state index contributed by atoms with van der Waals surface area (Å²) >= 11 is 6.29. The van der Waals surface area contributed by atoms with Crippen LogP contribution in [-0.2, 0) is 22.4 Å². The number of hydrogen-bond donors (Lipinski definition) is 1. The van der Waals surface area contributed by atoms with Crippen molar-refractivity contribution in [3.8, 4) is 5.75 Å². The Morgan fingerprint density at radius 3 is 2.43 bits per heavy atom. The van der Waals surface area contributed by atoms with E-state index in [1.807, 2.05) is 49.4 Å². The standard InChI is InChI=1S/C34H26BrF3N2O4S2/c1-15-6-8-16(9-7-15)14-44-23-11-10-17(35)12-18(23)24-25-19-13-20(28(25)45-30-29(24)46-33(43)39-30)27-26(19)31(41)40(32(27)42)22-5-3-2-4-21(22)34(36,37)38/h2-12,19-20,24-28H,13-14H2,1H3,(H,39,43)/t19-,20-,24?,25?,26?,27?,28?/m1/s1. The molecule has 8 rings (SSSR count). The molecule has 0 spiro atoms. The number of aryl methyl sites for hydroxylation is 1. The van der Waals surface area contributed by atoms with E-state index in [4.69, 9.17) is 4.74 Å². The summed E-state index contributed by atoms with van der Waals surface area (Å²) in [5.41, 5.74) is 1.60. The number of carbonyl (C=O) groups excluding carboxylic acids is 2. The highest BCUT2D eigenvalue weighted by atomic mass is 79.9. The summed E-state index contributed by atoms with van der Waals surface area (Å²) in [6.45, 7) is 2.35. The van der Waals surface area contributed by atoms with Crippen LogP contribution in [0, 0.1) is 36.5 Å². The maximum atomic E-state index is 14.1. The van der Waals surface area contributed by atoms with Gasteiger partial charge in [0.1, 0.15) is 12.4 Å². The van der Waals surface area contributed by atoms with E-state index in [1.165, 1.54) is 30.0 Å². The van der Waals surface area contributed by atoms with E-state index >= 15 is 0 Å². The molecule has 1 aromatic heterocycles. The van der Waals surface area contributed by atoms with Gasteiger partial charge < -0.3 is 9.72 Å². The average Bonchev–Trinajstić information content (AvgIpc) is 3.75. The predicted molar refractivity (Wildman–Crippen MR) is 172 cm³/mol. The molecule has 2 amide bonds. The number of benzene rings is 3. The second-order valence-electron chi connectivity index (χ2n) is 12.4. The lowest BCUT2D eigenvalue weighted by molar-refractivity contribution is -0.137. The molecule has 3 fully saturated rings. The summed E-state index contributed by atoms with van der Waals surface area (Å²) in [4.78, 5) is 45.2. The van der Waals surface area contributed by atoms with Crippen LogP contribution in [0.15, 0.2) is 81.0 Å². The number of hydrogen-bond acceptors (Lipinski definition) is 6. The second-order valence-corrected chi connectivity index (χ2v) is 15.6. The van der Waals surface area contributed by atoms with Crippen molar-refractivity contribution in [1.29, 1.82) is 0 Å². The van der Waals surface area contributed by atoms with Gasteiger partial charge in [0, 0.05) is 26.1 Å². The van der Waals surface area contributed by atoms with Gasteiger partial charge in [0.05, 0.1) is 28.1 Å². The van der Waals surface area contributed by atoms with Crippen molar-refractivity contribution in [2.45, 2.75) is 42.3 Å². The predicted octanol–water partition coefficient (Wildman–Crippen LogP) is 7.78. The number of anilines is 1. The molecule has 1 saturated heterocycles. The number of aromatic amines is 1. The third-order valence-corrected chi connectivity index (χ3v) is 13.1. The lowest BCUT2D eigenvalue weighted by Crippen LogP contribution is -2.42. The molecular formula is C34H26BrF3N2O4S2. The van der Waals surface area contributed by atoms with Crippen LogP contribution in [-0.4, -0.2) is 22.0 Å². The fourth-order valence-electron chi connectivity index (χ4n) is 8.25. The van der Waals surface area contributed by atoms with Gasteiger partial charge in [-0.1, -0.05) is 69.2 Å². The van der Waals surface area contributed by atoms with Gasteiger partial charge >= 0.3 is 11.0 Å². The summed E-state index contributed by atoms with van der Waals surface area (Å²) in [5.74, 6) is -2.86. The van der Waals surface area contributed by atoms with E-state index in [-0.39, 0.29) is 33.8 Å². The molecule has 5 unspecified atom stereocenters. The number of nitrogens with one attached hydrogen (secondary N) is 1. The summed E-state index contributed by atoms with van der Waals surface area (Å²) in [7, 11) is 0. The van der Waals surface area contributed by atoms with Crippen molar-refractivity contribution >= 4 is 56.5 Å². The SMILES string of the molecule is Cc1ccc(COc2ccc(Br)cc2C2c3sc(=O)[nH]c3SC3C2[C@H]2C[C@@H]3C3C(=O)N(c4ccccc4C(F)(F)F)C(=O)C32)cc1. The Morgan fingerprint density at radius 2 is 1.70 bits per heavy atom. The molecule has 46 heavy (non-hydrogen) atoms. The molecule has 3 heterocycles. The number of halogens is 4. The molecule has 4 aliphatic rings. The average molecular weight is 728 g/mol. The largest absolute Gasteiger partial charge is 0.489 e. The lowest BCUT2D eigenvalue weighted by Gasteiger charge is -2.43. The Labute approximate surface area is 278 Å². The molecular weight excluding hydrogens is 701 g/mol. The Balaban J connectivity index is 1.20. The molecule has 12 heteroatoms. The van der Waals surface area contributed by atoms with Crippen LogP contribution in [0.5, 0.6) is 5.75 Å². The quantitative estimate of drug-likeness (QED) is 0.213. The number of aromatic nitrogens is 1. The summed E-state index contributed by atoms with van der Waals surface area (Å²) in [6, 6.07) is 18.6. The molecule has 2 saturated carbocycles. The van der Waals surface area contributed by atoms with Gasteiger partial charge in [0.2, 0.25) is 11.8 Å². The maximum absolute atomic E-state index is 14.1. The summed E-state index contributed by atoms with van der Waals surface area (Å²) < 4.78 is 49.3. The van der Waals surface area contributed by atoms with Crippen molar-refractivity contribution in [2.24, 2.45) is 29.6 Å². The zero-order valence-corrected chi connectivity index (χ0v) is 27.4. The highest BCUT2D eigenvalue weighted by Crippen LogP contribution is 2.69. The van der Waals surface area contributed by atoms with E-state index in [1.54, 1.807) is 0 Å². The van der Waals surface area contributed by atoms with Crippen LogP contribution in [0.1, 0.15) is 39.5 Å². The fraction of sp³-hybridized carbons (Fsp3) is 0.324. The van der Waals surface area contributed by atoms with Crippen LogP contribution in [0.3, 0.4) is 0 Å². The van der Waals surface area contributed by atoms with E-state index in [0.29, 0.717) is 18.8 Å². The van der Waals surface area contributed by atoms with Gasteiger partial charge in [-0.15, -0.1) is 11.8 Å². The fourth-order valence-corrected chi connectivity index (χ4v) is 11.5. The smallest absolute Gasteiger partial charge is 0.418 e. The van der Waals surface area contributed by atoms with Gasteiger partial charge in [0.25, 0.3) is 0 Å². The first-order valence-corrected chi connectivity index (χ1v) is 17.4. The van der Waals surface area contributed by atoms with E-state index in [2.05, 4.69) is 20.9 Å². The molecule has 2 aliphatic heterocycles. The number of amides is 2. The topological polar surface area (TPSA) is 79.5 Å². The first kappa shape index (κ1) is 30.0. The number of carbonyl (C=O) groups is 2. The minimum absolute atomic E-state index is 0.118. The van der Waals surface area contributed by atoms with Crippen LogP contribution in [0.2, 0.25) is 0 Å². The number of H-pyrrole nitrogens is 1. The number of thioether (sulfide) groups is 1. The van der Waals surface area contributed by atoms with Gasteiger partial charge in [-0.05, 0) is 67.0 Å². The van der Waals surface area contributed by atoms with Gasteiger partial charge in [-0.3, -0.25) is 14.4 Å². The molecule has 4 aromatic rings. The van der Waals surface area contributed by atoms with E-state index < -0.39 is 41.1 Å². The highest BCUT2D eigenvalue weighted by molar-refractivity contribution is 9.10. The lowest BCUT2D eigenvalue weighted by atomic mass is 9.68. The normalized spacial score (nSPS) is 27.9. The molecule has 6 nitrogen and oxygen atoms in total. The minimum atomic E-state index is -4.72. The minimum Gasteiger partial charge on any atom is -0.489 e. The zero-order valence-electron chi connectivity index (χ0n) is 24.2. The van der Waals surface area contributed by atoms with Crippen LogP contribution >= 0.6 is 39.0 Å². The first-order chi connectivity index (χ1) is 22.0. The Bertz CT molecular complexity index is 1960. The number of alkyl halides is 3. The van der Waals surface area contributed by atoms with E-state index in [9.17, 15) is 27.6 Å². The number of nitrogens with zero attached hydrogens (tertiary/aromatic N) is 1. The van der Waals surface area contributed by atoms with Crippen molar-refractivity contribution < 1.29 is 27.5 Å². The van der Waals surface area contributed by atoms with Crippen molar-refractivity contribution in [3.63, 3.8) is 0 Å². The zero-order chi connectivity index (χ0) is 32.1. The number of imide groups is 1.